The molecule has 8 atom stereocenters. The fourth-order valence-electron chi connectivity index (χ4n) is 9.90. The number of carbonyl (C=O) groups excluding carboxylic acids is 5. The number of rotatable bonds is 32. The second-order valence-corrected chi connectivity index (χ2v) is 24.4. The van der Waals surface area contributed by atoms with E-state index < -0.39 is 111 Å². The number of nitrogen functional groups attached to an aromatic ring is 1. The number of ether oxygens (including phenoxy) is 5. The first-order valence-corrected chi connectivity index (χ1v) is 31.5. The Morgan fingerprint density at radius 1 is 0.804 bits per heavy atom. The molecule has 27 nitrogen and oxygen atoms in total. The number of anilines is 1. The highest BCUT2D eigenvalue weighted by Crippen LogP contribution is 2.46. The maximum Gasteiger partial charge on any atom is 0.493 e. The van der Waals surface area contributed by atoms with Crippen LogP contribution in [0.4, 0.5) is 10.6 Å². The number of aliphatic hydroxyl groups excluding tert-OH is 2. The molecule has 0 spiro atoms. The average Bonchev–Trinajstić information content (AvgIpc) is 0.888. The molecule has 494 valence electrons. The molecule has 6 aromatic rings. The molecule has 92 heavy (non-hydrogen) atoms. The fourth-order valence-corrected chi connectivity index (χ4v) is 10.5. The molecule has 1 aliphatic rings. The lowest BCUT2D eigenvalue weighted by Crippen LogP contribution is -2.56. The standard InChI is InChI=1S/C64H81N10O17P/c1-7-34-85-48-28-26-41-20-11-13-22-43(41)53(48)54-44-23-14-12-21-42(44)27-29-49(54)86-38-52(75)69-45(24-15-16-31-68-63(82)90-64(4,5)6)57(78)70-46(58(79)71-47(35-39(2)3)60(80)87-36-40-18-9-8-10-19-40)25-17-32-67-61(66)73-91-92(83,84)88-37-50-55(76)56(77)59(89-50)74-33-30-51(65)72-62(74)81/h7-14,18-23,26-30,33,39,45-47,50,55-56,59,76-77H,1,15-17,24-25,31-32,34-38H2,2-6H3,(H,68,82)(H,69,75)(H,70,78)(H,71,79)(H,83,84)(H2,65,72,81)(H3,66,67,73)/t45?,46?,47?,50-,55-,56-,59-/m1/s1. The molecule has 5 aromatic carbocycles. The highest BCUT2D eigenvalue weighted by molar-refractivity contribution is 7.47. The number of guanidine groups is 1. The number of phosphoric ester groups is 1. The third kappa shape index (κ3) is 20.8. The van der Waals surface area contributed by atoms with Crippen LogP contribution in [0.2, 0.25) is 0 Å². The number of phosphoric acid groups is 1. The number of aliphatic imine (C=N–C) groups is 1. The summed E-state index contributed by atoms with van der Waals surface area (Å²) in [6, 6.07) is 29.3. The maximum atomic E-state index is 14.7. The third-order valence-electron chi connectivity index (χ3n) is 14.2. The Bertz CT molecular complexity index is 3660. The predicted octanol–water partition coefficient (Wildman–Crippen LogP) is 5.73. The van der Waals surface area contributed by atoms with E-state index in [1.807, 2.05) is 92.1 Å². The normalized spacial score (nSPS) is 17.4. The van der Waals surface area contributed by atoms with Crippen LogP contribution in [0.25, 0.3) is 32.7 Å². The molecule has 12 N–H and O–H groups in total. The number of benzene rings is 5. The summed E-state index contributed by atoms with van der Waals surface area (Å²) in [5, 5.41) is 35.7. The number of hydrogen-bond acceptors (Lipinski definition) is 19. The zero-order chi connectivity index (χ0) is 66.5. The Kier molecular flexibility index (Phi) is 25.6. The number of alkyl carbamates (subject to hydrolysis) is 1. The quantitative estimate of drug-likeness (QED) is 0.00458. The van der Waals surface area contributed by atoms with E-state index in [2.05, 4.69) is 37.8 Å². The van der Waals surface area contributed by atoms with E-state index in [0.717, 1.165) is 31.7 Å². The number of esters is 1. The first kappa shape index (κ1) is 70.5. The van der Waals surface area contributed by atoms with Gasteiger partial charge in [-0.15, -0.1) is 0 Å². The van der Waals surface area contributed by atoms with Gasteiger partial charge in [-0.05, 0) is 111 Å². The Hall–Kier alpha value is -8.95. The largest absolute Gasteiger partial charge is 0.493 e. The Balaban J connectivity index is 1.08. The third-order valence-corrected chi connectivity index (χ3v) is 15.0. The molecule has 1 aliphatic heterocycles. The number of nitrogens with two attached hydrogens (primary N) is 2. The molecule has 0 aliphatic carbocycles. The second-order valence-electron chi connectivity index (χ2n) is 23.1. The van der Waals surface area contributed by atoms with E-state index in [4.69, 9.17) is 44.3 Å². The van der Waals surface area contributed by atoms with Crippen molar-refractivity contribution in [3.63, 3.8) is 0 Å². The summed E-state index contributed by atoms with van der Waals surface area (Å²) < 4.78 is 52.7. The van der Waals surface area contributed by atoms with E-state index in [1.54, 1.807) is 57.2 Å². The zero-order valence-corrected chi connectivity index (χ0v) is 52.8. The van der Waals surface area contributed by atoms with Gasteiger partial charge in [-0.1, -0.05) is 117 Å². The molecule has 2 heterocycles. The molecule has 28 heteroatoms. The van der Waals surface area contributed by atoms with Crippen molar-refractivity contribution in [3.05, 3.63) is 144 Å². The van der Waals surface area contributed by atoms with Gasteiger partial charge >= 0.3 is 25.6 Å². The van der Waals surface area contributed by atoms with Crippen molar-refractivity contribution >= 4 is 70.9 Å². The van der Waals surface area contributed by atoms with E-state index >= 15 is 0 Å². The number of unbranched alkanes of at least 4 members (excludes halogenated alkanes) is 1. The van der Waals surface area contributed by atoms with Gasteiger partial charge in [0.15, 0.2) is 12.8 Å². The molecule has 1 aromatic heterocycles. The van der Waals surface area contributed by atoms with Crippen LogP contribution < -0.4 is 53.4 Å². The van der Waals surface area contributed by atoms with Gasteiger partial charge in [0.05, 0.1) is 6.61 Å². The molecule has 4 amide bonds. The number of aromatic nitrogens is 2. The highest BCUT2D eigenvalue weighted by atomic mass is 31.2. The van der Waals surface area contributed by atoms with Gasteiger partial charge in [-0.3, -0.25) is 28.5 Å². The van der Waals surface area contributed by atoms with Gasteiger partial charge < -0.3 is 71.5 Å². The van der Waals surface area contributed by atoms with Gasteiger partial charge in [0.2, 0.25) is 17.8 Å². The van der Waals surface area contributed by atoms with Crippen LogP contribution in [0.5, 0.6) is 11.5 Å². The van der Waals surface area contributed by atoms with Crippen molar-refractivity contribution in [2.24, 2.45) is 16.6 Å². The first-order valence-electron chi connectivity index (χ1n) is 30.0. The predicted molar refractivity (Wildman–Crippen MR) is 342 cm³/mol. The summed E-state index contributed by atoms with van der Waals surface area (Å²) >= 11 is 0. The highest BCUT2D eigenvalue weighted by Gasteiger charge is 2.45. The fraction of sp³-hybridized carbons (Fsp3) is 0.406. The Labute approximate surface area is 531 Å². The lowest BCUT2D eigenvalue weighted by atomic mass is 9.92. The lowest BCUT2D eigenvalue weighted by Gasteiger charge is -2.26. The number of nitrogens with zero attached hydrogens (tertiary/aromatic N) is 3. The number of aliphatic hydroxyl groups is 2. The van der Waals surface area contributed by atoms with E-state index in [9.17, 15) is 48.4 Å². The molecule has 0 bridgehead atoms. The van der Waals surface area contributed by atoms with Crippen molar-refractivity contribution < 1.29 is 76.5 Å². The molecule has 4 unspecified atom stereocenters. The monoisotopic (exact) mass is 1290 g/mol. The molecule has 1 saturated heterocycles. The van der Waals surface area contributed by atoms with E-state index in [0.29, 0.717) is 29.0 Å². The molecule has 0 saturated carbocycles. The summed E-state index contributed by atoms with van der Waals surface area (Å²) in [5.74, 6) is -2.85. The van der Waals surface area contributed by atoms with Gasteiger partial charge in [0.25, 0.3) is 5.91 Å². The van der Waals surface area contributed by atoms with E-state index in [1.165, 1.54) is 12.3 Å². The Morgan fingerprint density at radius 2 is 1.41 bits per heavy atom. The van der Waals surface area contributed by atoms with Crippen LogP contribution in [0.1, 0.15) is 84.9 Å². The van der Waals surface area contributed by atoms with Gasteiger partial charge in [0.1, 0.15) is 72.6 Å². The van der Waals surface area contributed by atoms with Crippen molar-refractivity contribution in [3.8, 4) is 22.6 Å². The number of hydrogen-bond donors (Lipinski definition) is 10. The van der Waals surface area contributed by atoms with Crippen LogP contribution in [-0.2, 0) is 53.7 Å². The van der Waals surface area contributed by atoms with Crippen molar-refractivity contribution in [2.45, 2.75) is 128 Å². The Morgan fingerprint density at radius 3 is 2.04 bits per heavy atom. The molecular weight excluding hydrogens is 1210 g/mol. The smallest absolute Gasteiger partial charge is 0.489 e. The number of nitrogens with one attached hydrogen (secondary N) is 5. The zero-order valence-electron chi connectivity index (χ0n) is 51.9. The average molecular weight is 1290 g/mol. The van der Waals surface area contributed by atoms with Crippen molar-refractivity contribution in [1.29, 1.82) is 0 Å². The van der Waals surface area contributed by atoms with Crippen LogP contribution in [0.15, 0.2) is 138 Å². The van der Waals surface area contributed by atoms with Gasteiger partial charge in [-0.25, -0.2) is 24.4 Å². The van der Waals surface area contributed by atoms with E-state index in [-0.39, 0.29) is 70.1 Å². The van der Waals surface area contributed by atoms with Gasteiger partial charge in [0, 0.05) is 30.4 Å². The molecular formula is C64H81N10O17P. The maximum absolute atomic E-state index is 14.7. The van der Waals surface area contributed by atoms with Gasteiger partial charge in [-0.2, -0.15) is 9.61 Å². The molecule has 7 rings (SSSR count). The van der Waals surface area contributed by atoms with Crippen LogP contribution in [0, 0.1) is 5.92 Å². The van der Waals surface area contributed by atoms with Crippen molar-refractivity contribution in [1.82, 2.24) is 36.3 Å². The number of amides is 4. The summed E-state index contributed by atoms with van der Waals surface area (Å²) in [5.41, 5.74) is 14.0. The summed E-state index contributed by atoms with van der Waals surface area (Å²) in [7, 11) is -5.04. The summed E-state index contributed by atoms with van der Waals surface area (Å²) in [4.78, 5) is 100. The number of fused-ring (bicyclic) bond motifs is 2. The minimum atomic E-state index is -5.04. The molecule has 1 fully saturated rings. The molecule has 0 radical (unpaired) electrons. The topological polar surface area (TPSA) is 387 Å². The minimum absolute atomic E-state index is 0.000677. The van der Waals surface area contributed by atoms with Crippen molar-refractivity contribution in [2.75, 3.05) is 38.6 Å². The first-order chi connectivity index (χ1) is 43.9. The summed E-state index contributed by atoms with van der Waals surface area (Å²) in [6.45, 7) is 11.4. The summed E-state index contributed by atoms with van der Waals surface area (Å²) in [6.07, 6.45) is -3.42. The SMILES string of the molecule is C=CCOc1ccc2ccccc2c1-c1c(OCC(=O)NC(CCCCNC(=O)OC(C)(C)C)C(=O)NC(CCCN=C(N)NOP(=O)(O)OC[C@H]2O[C@@H](n3ccc(N)nc3=O)[C@H](O)[C@@H]2O)C(=O)NC(CC(C)C)C(=O)OCc2ccccc2)ccc2ccccc12. The van der Waals surface area contributed by atoms with Crippen LogP contribution >= 0.6 is 7.82 Å². The van der Waals surface area contributed by atoms with Crippen LogP contribution in [-0.4, -0.2) is 135 Å². The number of carbonyl (C=O) groups is 5. The minimum Gasteiger partial charge on any atom is -0.489 e. The second kappa shape index (κ2) is 33.4. The number of hydroxylamine groups is 1. The lowest BCUT2D eigenvalue weighted by molar-refractivity contribution is -0.150. The van der Waals surface area contributed by atoms with Crippen LogP contribution in [0.3, 0.4) is 0 Å².